The molecule has 0 radical (unpaired) electrons. The molecule has 7 heteroatoms. The van der Waals surface area contributed by atoms with Gasteiger partial charge >= 0.3 is 0 Å². The van der Waals surface area contributed by atoms with E-state index in [9.17, 15) is 19.7 Å². The molecule has 1 aromatic rings. The van der Waals surface area contributed by atoms with E-state index in [1.54, 1.807) is 27.0 Å². The maximum Gasteiger partial charge on any atom is 0.269 e. The summed E-state index contributed by atoms with van der Waals surface area (Å²) in [6.45, 7) is 3.48. The number of carbonyl (C=O) groups is 2. The summed E-state index contributed by atoms with van der Waals surface area (Å²) in [5.74, 6) is -0.500. The summed E-state index contributed by atoms with van der Waals surface area (Å²) in [5.41, 5.74) is 0.428. The standard InChI is InChI=1S/C14H17N3O4/c1-14(2)7-12(18)16(13(14)19)8-9-6-10(17(20)21)4-5-11(9)15-3/h4-6,15H,7-8H2,1-3H3. The van der Waals surface area contributed by atoms with Crippen LogP contribution in [0.3, 0.4) is 0 Å². The van der Waals surface area contributed by atoms with Gasteiger partial charge in [0.2, 0.25) is 11.8 Å². The smallest absolute Gasteiger partial charge is 0.269 e. The lowest BCUT2D eigenvalue weighted by Crippen LogP contribution is -2.32. The zero-order valence-electron chi connectivity index (χ0n) is 12.2. The highest BCUT2D eigenvalue weighted by Gasteiger charge is 2.44. The molecule has 0 bridgehead atoms. The molecule has 0 saturated carbocycles. The van der Waals surface area contributed by atoms with E-state index in [1.807, 2.05) is 0 Å². The molecular formula is C14H17N3O4. The molecular weight excluding hydrogens is 274 g/mol. The molecule has 1 aromatic carbocycles. The van der Waals surface area contributed by atoms with Crippen molar-refractivity contribution in [3.8, 4) is 0 Å². The van der Waals surface area contributed by atoms with Gasteiger partial charge in [-0.25, -0.2) is 0 Å². The summed E-state index contributed by atoms with van der Waals surface area (Å²) >= 11 is 0. The van der Waals surface area contributed by atoms with E-state index in [1.165, 1.54) is 17.0 Å². The Morgan fingerprint density at radius 3 is 2.52 bits per heavy atom. The van der Waals surface area contributed by atoms with Crippen LogP contribution in [0.15, 0.2) is 18.2 Å². The Balaban J connectivity index is 2.35. The second-order valence-corrected chi connectivity index (χ2v) is 5.69. The number of rotatable bonds is 4. The quantitative estimate of drug-likeness (QED) is 0.519. The summed E-state index contributed by atoms with van der Waals surface area (Å²) < 4.78 is 0. The summed E-state index contributed by atoms with van der Waals surface area (Å²) in [6.07, 6.45) is 0.162. The van der Waals surface area contributed by atoms with E-state index in [0.717, 1.165) is 0 Å². The molecule has 1 heterocycles. The number of imide groups is 1. The number of non-ortho nitro benzene ring substituents is 1. The van der Waals surface area contributed by atoms with Crippen molar-refractivity contribution in [1.29, 1.82) is 0 Å². The van der Waals surface area contributed by atoms with E-state index in [4.69, 9.17) is 0 Å². The first-order valence-corrected chi connectivity index (χ1v) is 6.56. The fourth-order valence-corrected chi connectivity index (χ4v) is 2.43. The second kappa shape index (κ2) is 5.16. The summed E-state index contributed by atoms with van der Waals surface area (Å²) in [5, 5.41) is 13.8. The van der Waals surface area contributed by atoms with E-state index in [-0.39, 0.29) is 30.5 Å². The van der Waals surface area contributed by atoms with Gasteiger partial charge in [-0.2, -0.15) is 0 Å². The fraction of sp³-hybridized carbons (Fsp3) is 0.429. The minimum absolute atomic E-state index is 0.0406. The van der Waals surface area contributed by atoms with Crippen molar-refractivity contribution in [2.24, 2.45) is 5.41 Å². The van der Waals surface area contributed by atoms with Crippen molar-refractivity contribution in [2.45, 2.75) is 26.8 Å². The summed E-state index contributed by atoms with van der Waals surface area (Å²) in [4.78, 5) is 35.7. The molecule has 7 nitrogen and oxygen atoms in total. The largest absolute Gasteiger partial charge is 0.388 e. The highest BCUT2D eigenvalue weighted by atomic mass is 16.6. The third kappa shape index (κ3) is 2.72. The number of amides is 2. The van der Waals surface area contributed by atoms with Gasteiger partial charge < -0.3 is 5.32 Å². The van der Waals surface area contributed by atoms with Crippen LogP contribution in [0.1, 0.15) is 25.8 Å². The molecule has 0 aliphatic carbocycles. The molecule has 21 heavy (non-hydrogen) atoms. The molecule has 1 N–H and O–H groups in total. The van der Waals surface area contributed by atoms with Crippen LogP contribution in [0.4, 0.5) is 11.4 Å². The molecule has 1 aliphatic heterocycles. The molecule has 0 spiro atoms. The van der Waals surface area contributed by atoms with Crippen molar-refractivity contribution in [1.82, 2.24) is 4.90 Å². The molecule has 1 saturated heterocycles. The predicted molar refractivity (Wildman–Crippen MR) is 76.6 cm³/mol. The van der Waals surface area contributed by atoms with Crippen molar-refractivity contribution in [3.05, 3.63) is 33.9 Å². The minimum Gasteiger partial charge on any atom is -0.388 e. The topological polar surface area (TPSA) is 92.6 Å². The number of hydrogen-bond acceptors (Lipinski definition) is 5. The molecule has 0 aromatic heterocycles. The van der Waals surface area contributed by atoms with Gasteiger partial charge in [0.05, 0.1) is 16.9 Å². The summed E-state index contributed by atoms with van der Waals surface area (Å²) in [7, 11) is 1.68. The van der Waals surface area contributed by atoms with Crippen LogP contribution in [-0.2, 0) is 16.1 Å². The Kier molecular flexibility index (Phi) is 3.67. The maximum atomic E-state index is 12.2. The van der Waals surface area contributed by atoms with Gasteiger partial charge in [0.15, 0.2) is 0 Å². The number of nitro groups is 1. The van der Waals surface area contributed by atoms with Crippen LogP contribution in [0.2, 0.25) is 0 Å². The van der Waals surface area contributed by atoms with Gasteiger partial charge in [-0.15, -0.1) is 0 Å². The Hall–Kier alpha value is -2.44. The first kappa shape index (κ1) is 15.0. The van der Waals surface area contributed by atoms with Crippen LogP contribution in [-0.4, -0.2) is 28.7 Å². The fourth-order valence-electron chi connectivity index (χ4n) is 2.43. The van der Waals surface area contributed by atoms with Gasteiger partial charge in [0, 0.05) is 36.9 Å². The average Bonchev–Trinajstić information content (AvgIpc) is 2.60. The molecule has 1 fully saturated rings. The van der Waals surface area contributed by atoms with Crippen LogP contribution in [0, 0.1) is 15.5 Å². The van der Waals surface area contributed by atoms with E-state index in [2.05, 4.69) is 5.32 Å². The molecule has 112 valence electrons. The highest BCUT2D eigenvalue weighted by Crippen LogP contribution is 2.34. The van der Waals surface area contributed by atoms with E-state index < -0.39 is 10.3 Å². The number of anilines is 1. The van der Waals surface area contributed by atoms with Crippen molar-refractivity contribution in [2.75, 3.05) is 12.4 Å². The van der Waals surface area contributed by atoms with Crippen LogP contribution < -0.4 is 5.32 Å². The van der Waals surface area contributed by atoms with Gasteiger partial charge in [-0.1, -0.05) is 13.8 Å². The van der Waals surface area contributed by atoms with Crippen LogP contribution in [0.25, 0.3) is 0 Å². The number of benzene rings is 1. The first-order chi connectivity index (χ1) is 9.76. The van der Waals surface area contributed by atoms with Crippen molar-refractivity contribution in [3.63, 3.8) is 0 Å². The average molecular weight is 291 g/mol. The maximum absolute atomic E-state index is 12.2. The zero-order valence-corrected chi connectivity index (χ0v) is 12.2. The van der Waals surface area contributed by atoms with Crippen LogP contribution >= 0.6 is 0 Å². The normalized spacial score (nSPS) is 17.2. The molecule has 2 amide bonds. The van der Waals surface area contributed by atoms with Crippen LogP contribution in [0.5, 0.6) is 0 Å². The molecule has 0 unspecified atom stereocenters. The third-order valence-corrected chi connectivity index (χ3v) is 3.62. The Morgan fingerprint density at radius 1 is 1.38 bits per heavy atom. The van der Waals surface area contributed by atoms with Crippen molar-refractivity contribution < 1.29 is 14.5 Å². The lowest BCUT2D eigenvalue weighted by Gasteiger charge is -2.19. The lowest BCUT2D eigenvalue weighted by atomic mass is 9.92. The third-order valence-electron chi connectivity index (χ3n) is 3.62. The van der Waals surface area contributed by atoms with E-state index >= 15 is 0 Å². The number of nitrogens with zero attached hydrogens (tertiary/aromatic N) is 2. The number of nitrogens with one attached hydrogen (secondary N) is 1. The summed E-state index contributed by atoms with van der Waals surface area (Å²) in [6, 6.07) is 4.34. The minimum atomic E-state index is -0.711. The van der Waals surface area contributed by atoms with Gasteiger partial charge in [0.1, 0.15) is 0 Å². The number of nitro benzene ring substituents is 1. The van der Waals surface area contributed by atoms with Gasteiger partial charge in [-0.05, 0) is 6.07 Å². The molecule has 2 rings (SSSR count). The lowest BCUT2D eigenvalue weighted by molar-refractivity contribution is -0.384. The second-order valence-electron chi connectivity index (χ2n) is 5.69. The van der Waals surface area contributed by atoms with Gasteiger partial charge in [-0.3, -0.25) is 24.6 Å². The predicted octanol–water partition coefficient (Wildman–Crippen LogP) is 1.92. The molecule has 0 atom stereocenters. The Bertz CT molecular complexity index is 625. The van der Waals surface area contributed by atoms with Gasteiger partial charge in [0.25, 0.3) is 5.69 Å². The number of carbonyl (C=O) groups excluding carboxylic acids is 2. The monoisotopic (exact) mass is 291 g/mol. The zero-order chi connectivity index (χ0) is 15.8. The van der Waals surface area contributed by atoms with Crippen molar-refractivity contribution >= 4 is 23.2 Å². The Morgan fingerprint density at radius 2 is 2.05 bits per heavy atom. The van der Waals surface area contributed by atoms with E-state index in [0.29, 0.717) is 11.3 Å². The Labute approximate surface area is 122 Å². The molecule has 1 aliphatic rings. The number of hydrogen-bond donors (Lipinski definition) is 1. The number of likely N-dealkylation sites (tertiary alicyclic amines) is 1. The SMILES string of the molecule is CNc1ccc([N+](=O)[O-])cc1CN1C(=O)CC(C)(C)C1=O. The first-order valence-electron chi connectivity index (χ1n) is 6.56. The highest BCUT2D eigenvalue weighted by molar-refractivity contribution is 6.05.